The highest BCUT2D eigenvalue weighted by Crippen LogP contribution is 2.27. The normalized spacial score (nSPS) is 12.5. The highest BCUT2D eigenvalue weighted by molar-refractivity contribution is 5.89. The number of anilines is 2. The summed E-state index contributed by atoms with van der Waals surface area (Å²) in [6.45, 7) is 5.79. The van der Waals surface area contributed by atoms with Crippen molar-refractivity contribution in [1.29, 1.82) is 0 Å². The molecule has 0 fully saturated rings. The Morgan fingerprint density at radius 1 is 1.29 bits per heavy atom. The number of rotatable bonds is 7. The number of halogens is 1. The Kier molecular flexibility index (Phi) is 5.78. The van der Waals surface area contributed by atoms with Gasteiger partial charge >= 0.3 is 0 Å². The second-order valence-electron chi connectivity index (χ2n) is 6.15. The first kappa shape index (κ1) is 19.2. The minimum atomic E-state index is -0.366. The van der Waals surface area contributed by atoms with Crippen LogP contribution in [0, 0.1) is 0 Å². The molecule has 0 atom stereocenters. The van der Waals surface area contributed by atoms with Crippen molar-refractivity contribution in [2.45, 2.75) is 26.3 Å². The van der Waals surface area contributed by atoms with Crippen LogP contribution in [0.4, 0.5) is 15.9 Å². The topological polar surface area (TPSA) is 109 Å². The van der Waals surface area contributed by atoms with Crippen LogP contribution in [0.25, 0.3) is 22.6 Å². The van der Waals surface area contributed by atoms with Gasteiger partial charge in [-0.25, -0.2) is 24.0 Å². The Bertz CT molecular complexity index is 1070. The average molecular weight is 379 g/mol. The van der Waals surface area contributed by atoms with Crippen LogP contribution in [0.5, 0.6) is 0 Å². The van der Waals surface area contributed by atoms with Crippen molar-refractivity contribution < 1.29 is 4.39 Å². The molecule has 0 unspecified atom stereocenters. The molecule has 0 aliphatic rings. The molecule has 0 aliphatic carbocycles. The van der Waals surface area contributed by atoms with Gasteiger partial charge in [0.05, 0.1) is 23.8 Å². The second-order valence-corrected chi connectivity index (χ2v) is 6.15. The number of nitrogens with zero attached hydrogens (tertiary/aromatic N) is 5. The Morgan fingerprint density at radius 2 is 2.11 bits per heavy atom. The van der Waals surface area contributed by atoms with E-state index in [4.69, 9.17) is 11.5 Å². The van der Waals surface area contributed by atoms with Gasteiger partial charge in [-0.15, -0.1) is 0 Å². The third-order valence-corrected chi connectivity index (χ3v) is 4.19. The maximum atomic E-state index is 14.3. The van der Waals surface area contributed by atoms with Gasteiger partial charge in [-0.2, -0.15) is 5.10 Å². The minimum absolute atomic E-state index is 0.180. The summed E-state index contributed by atoms with van der Waals surface area (Å²) in [6, 6.07) is 3.66. The number of aromatic nitrogens is 5. The SMILES string of the molecule is C=C/C(F)=C(\C/C=C\CC)Cn1nc(-c2ncc(N)c(N)n2)c2cccnc21. The molecule has 0 aliphatic heterocycles. The molecule has 0 aromatic carbocycles. The summed E-state index contributed by atoms with van der Waals surface area (Å²) in [4.78, 5) is 12.9. The van der Waals surface area contributed by atoms with Gasteiger partial charge in [0.2, 0.25) is 0 Å². The van der Waals surface area contributed by atoms with Gasteiger partial charge in [-0.1, -0.05) is 25.7 Å². The van der Waals surface area contributed by atoms with Crippen LogP contribution in [0.15, 0.2) is 60.7 Å². The lowest BCUT2D eigenvalue weighted by Gasteiger charge is -2.07. The van der Waals surface area contributed by atoms with E-state index < -0.39 is 0 Å². The van der Waals surface area contributed by atoms with Crippen molar-refractivity contribution >= 4 is 22.5 Å². The van der Waals surface area contributed by atoms with E-state index in [0.29, 0.717) is 34.8 Å². The van der Waals surface area contributed by atoms with Crippen LogP contribution in [-0.2, 0) is 6.54 Å². The molecule has 3 aromatic heterocycles. The van der Waals surface area contributed by atoms with Gasteiger partial charge in [0.1, 0.15) is 11.5 Å². The van der Waals surface area contributed by atoms with Crippen molar-refractivity contribution in [1.82, 2.24) is 24.7 Å². The molecular formula is C20H22FN7. The Morgan fingerprint density at radius 3 is 2.82 bits per heavy atom. The standard InChI is InChI=1S/C20H22FN7/c1-3-5-6-8-13(15(21)4-2)12-28-20-14(9-7-10-24-20)17(27-28)19-25-11-16(22)18(23)26-19/h4-7,9-11H,2-3,8,12,22H2,1H3,(H2,23,25,26)/b6-5-,15-13-. The number of hydrogen-bond acceptors (Lipinski definition) is 6. The molecule has 3 aromatic rings. The monoisotopic (exact) mass is 379 g/mol. The first-order valence-corrected chi connectivity index (χ1v) is 8.90. The number of nitrogen functional groups attached to an aromatic ring is 2. The maximum absolute atomic E-state index is 14.3. The highest BCUT2D eigenvalue weighted by Gasteiger charge is 2.17. The predicted molar refractivity (Wildman–Crippen MR) is 110 cm³/mol. The molecule has 144 valence electrons. The van der Waals surface area contributed by atoms with Crippen LogP contribution in [-0.4, -0.2) is 24.7 Å². The maximum Gasteiger partial charge on any atom is 0.182 e. The summed E-state index contributed by atoms with van der Waals surface area (Å²) in [7, 11) is 0. The van der Waals surface area contributed by atoms with Crippen LogP contribution in [0.2, 0.25) is 0 Å². The molecule has 3 rings (SSSR count). The molecule has 0 bridgehead atoms. The number of nitrogens with two attached hydrogens (primary N) is 2. The lowest BCUT2D eigenvalue weighted by atomic mass is 10.1. The Balaban J connectivity index is 2.08. The molecular weight excluding hydrogens is 357 g/mol. The van der Waals surface area contributed by atoms with Gasteiger partial charge in [-0.05, 0) is 36.6 Å². The number of fused-ring (bicyclic) bond motifs is 1. The van der Waals surface area contributed by atoms with Crippen LogP contribution in [0.1, 0.15) is 19.8 Å². The molecule has 0 amide bonds. The van der Waals surface area contributed by atoms with Crippen molar-refractivity contribution in [3.63, 3.8) is 0 Å². The van der Waals surface area contributed by atoms with Crippen molar-refractivity contribution in [3.05, 3.63) is 60.7 Å². The molecule has 7 nitrogen and oxygen atoms in total. The molecule has 8 heteroatoms. The molecule has 3 heterocycles. The van der Waals surface area contributed by atoms with Gasteiger partial charge < -0.3 is 11.5 Å². The minimum Gasteiger partial charge on any atom is -0.394 e. The smallest absolute Gasteiger partial charge is 0.182 e. The summed E-state index contributed by atoms with van der Waals surface area (Å²) in [5.74, 6) is 0.151. The van der Waals surface area contributed by atoms with Gasteiger partial charge in [0.15, 0.2) is 17.3 Å². The molecule has 0 spiro atoms. The fourth-order valence-corrected chi connectivity index (χ4v) is 2.76. The fraction of sp³-hybridized carbons (Fsp3) is 0.200. The van der Waals surface area contributed by atoms with E-state index in [0.717, 1.165) is 11.8 Å². The quantitative estimate of drug-likeness (QED) is 0.477. The number of pyridine rings is 1. The molecule has 0 saturated heterocycles. The summed E-state index contributed by atoms with van der Waals surface area (Å²) >= 11 is 0. The lowest BCUT2D eigenvalue weighted by Crippen LogP contribution is -2.06. The van der Waals surface area contributed by atoms with E-state index in [-0.39, 0.29) is 18.2 Å². The van der Waals surface area contributed by atoms with E-state index in [1.807, 2.05) is 25.1 Å². The summed E-state index contributed by atoms with van der Waals surface area (Å²) in [5, 5.41) is 5.33. The summed E-state index contributed by atoms with van der Waals surface area (Å²) in [6.07, 6.45) is 9.58. The predicted octanol–water partition coefficient (Wildman–Crippen LogP) is 3.82. The van der Waals surface area contributed by atoms with Crippen molar-refractivity contribution in [2.24, 2.45) is 0 Å². The molecule has 4 N–H and O–H groups in total. The van der Waals surface area contributed by atoms with Crippen molar-refractivity contribution in [2.75, 3.05) is 11.5 Å². The lowest BCUT2D eigenvalue weighted by molar-refractivity contribution is 0.609. The first-order valence-electron chi connectivity index (χ1n) is 8.90. The van der Waals surface area contributed by atoms with E-state index in [2.05, 4.69) is 26.6 Å². The number of allylic oxidation sites excluding steroid dienone is 5. The van der Waals surface area contributed by atoms with E-state index in [1.165, 1.54) is 12.3 Å². The van der Waals surface area contributed by atoms with Gasteiger partial charge in [0.25, 0.3) is 0 Å². The van der Waals surface area contributed by atoms with Gasteiger partial charge in [-0.3, -0.25) is 0 Å². The zero-order chi connectivity index (χ0) is 20.1. The largest absolute Gasteiger partial charge is 0.394 e. The molecule has 0 saturated carbocycles. The molecule has 28 heavy (non-hydrogen) atoms. The number of hydrogen-bond donors (Lipinski definition) is 2. The first-order chi connectivity index (χ1) is 13.5. The third kappa shape index (κ3) is 3.90. The van der Waals surface area contributed by atoms with E-state index in [1.54, 1.807) is 16.9 Å². The van der Waals surface area contributed by atoms with Crippen LogP contribution >= 0.6 is 0 Å². The highest BCUT2D eigenvalue weighted by atomic mass is 19.1. The van der Waals surface area contributed by atoms with Gasteiger partial charge in [0, 0.05) is 6.20 Å². The van der Waals surface area contributed by atoms with Crippen molar-refractivity contribution in [3.8, 4) is 11.5 Å². The second kappa shape index (κ2) is 8.43. The van der Waals surface area contributed by atoms with E-state index in [9.17, 15) is 4.39 Å². The van der Waals surface area contributed by atoms with Crippen LogP contribution in [0.3, 0.4) is 0 Å². The zero-order valence-electron chi connectivity index (χ0n) is 15.6. The Hall–Kier alpha value is -3.55. The zero-order valence-corrected chi connectivity index (χ0v) is 15.6. The Labute approximate surface area is 162 Å². The van der Waals surface area contributed by atoms with Crippen LogP contribution < -0.4 is 11.5 Å². The fourth-order valence-electron chi connectivity index (χ4n) is 2.76. The third-order valence-electron chi connectivity index (χ3n) is 4.19. The van der Waals surface area contributed by atoms with E-state index >= 15 is 0 Å². The summed E-state index contributed by atoms with van der Waals surface area (Å²) in [5.41, 5.74) is 13.5. The summed E-state index contributed by atoms with van der Waals surface area (Å²) < 4.78 is 16.0. The average Bonchev–Trinajstić information content (AvgIpc) is 3.07. The molecule has 0 radical (unpaired) electrons.